The maximum absolute atomic E-state index is 12.5. The Kier molecular flexibility index (Phi) is 6.04. The lowest BCUT2D eigenvalue weighted by Gasteiger charge is -2.16. The van der Waals surface area contributed by atoms with Gasteiger partial charge in [0, 0.05) is 19.8 Å². The third-order valence-electron chi connectivity index (χ3n) is 4.24. The lowest BCUT2D eigenvalue weighted by molar-refractivity contribution is -0.113. The van der Waals surface area contributed by atoms with E-state index in [1.54, 1.807) is 6.07 Å². The molecular weight excluding hydrogens is 416 g/mol. The molecule has 148 valence electrons. The number of carbonyl (C=O) groups is 1. The predicted octanol–water partition coefficient (Wildman–Crippen LogP) is 3.29. The number of amides is 1. The van der Waals surface area contributed by atoms with Crippen molar-refractivity contribution >= 4 is 54.9 Å². The van der Waals surface area contributed by atoms with Crippen LogP contribution < -0.4 is 5.32 Å². The van der Waals surface area contributed by atoms with E-state index >= 15 is 0 Å². The fourth-order valence-electron chi connectivity index (χ4n) is 2.51. The zero-order valence-corrected chi connectivity index (χ0v) is 18.3. The van der Waals surface area contributed by atoms with Gasteiger partial charge in [-0.1, -0.05) is 11.8 Å². The Hall–Kier alpha value is -2.01. The minimum Gasteiger partial charge on any atom is -0.325 e. The highest BCUT2D eigenvalue weighted by Gasteiger charge is 2.20. The first kappa shape index (κ1) is 20.7. The first-order valence-corrected chi connectivity index (χ1v) is 11.7. The third-order valence-corrected chi connectivity index (χ3v) is 8.07. The molecule has 0 aliphatic rings. The molecule has 0 bridgehead atoms. The van der Waals surface area contributed by atoms with Gasteiger partial charge in [-0.25, -0.2) is 22.7 Å². The van der Waals surface area contributed by atoms with Gasteiger partial charge in [0.05, 0.1) is 20.9 Å². The minimum atomic E-state index is -3.59. The summed E-state index contributed by atoms with van der Waals surface area (Å²) in [6.07, 6.45) is 1.48. The monoisotopic (exact) mass is 436 g/mol. The van der Waals surface area contributed by atoms with Crippen LogP contribution in [0.3, 0.4) is 0 Å². The number of aromatic nitrogens is 2. The van der Waals surface area contributed by atoms with E-state index in [4.69, 9.17) is 0 Å². The van der Waals surface area contributed by atoms with Crippen LogP contribution in [0.25, 0.3) is 10.2 Å². The standard InChI is InChI=1S/C18H20N4O3S3/c1-11-7-13(28(24,25)22(3)4)8-15(12(11)2)21-16(23)9-27-18-17-14(5-6-26-17)19-10-20-18/h5-8,10H,9H2,1-4H3,(H,21,23). The fourth-order valence-corrected chi connectivity index (χ4v) is 5.27. The number of anilines is 1. The van der Waals surface area contributed by atoms with Gasteiger partial charge in [0.1, 0.15) is 11.4 Å². The van der Waals surface area contributed by atoms with Crippen LogP contribution in [0.4, 0.5) is 5.69 Å². The molecule has 2 aromatic heterocycles. The maximum Gasteiger partial charge on any atom is 0.242 e. The second-order valence-corrected chi connectivity index (χ2v) is 10.4. The van der Waals surface area contributed by atoms with Crippen LogP contribution in [-0.2, 0) is 14.8 Å². The predicted molar refractivity (Wildman–Crippen MR) is 114 cm³/mol. The van der Waals surface area contributed by atoms with Crippen LogP contribution in [0.1, 0.15) is 11.1 Å². The van der Waals surface area contributed by atoms with E-state index < -0.39 is 10.0 Å². The Morgan fingerprint density at radius 2 is 2.00 bits per heavy atom. The normalized spacial score (nSPS) is 11.9. The topological polar surface area (TPSA) is 92.3 Å². The summed E-state index contributed by atoms with van der Waals surface area (Å²) in [4.78, 5) is 21.1. The van der Waals surface area contributed by atoms with Crippen molar-refractivity contribution in [3.05, 3.63) is 41.0 Å². The molecule has 0 atom stereocenters. The molecule has 0 saturated heterocycles. The van der Waals surface area contributed by atoms with Gasteiger partial charge < -0.3 is 5.32 Å². The summed E-state index contributed by atoms with van der Waals surface area (Å²) in [6.45, 7) is 3.67. The number of sulfonamides is 1. The summed E-state index contributed by atoms with van der Waals surface area (Å²) >= 11 is 2.86. The first-order valence-electron chi connectivity index (χ1n) is 8.35. The minimum absolute atomic E-state index is 0.152. The van der Waals surface area contributed by atoms with Gasteiger partial charge in [0.25, 0.3) is 0 Å². The molecule has 0 spiro atoms. The van der Waals surface area contributed by atoms with Gasteiger partial charge in [-0.2, -0.15) is 0 Å². The number of nitrogens with zero attached hydrogens (tertiary/aromatic N) is 3. The molecule has 7 nitrogen and oxygen atoms in total. The van der Waals surface area contributed by atoms with E-state index in [2.05, 4.69) is 15.3 Å². The number of fused-ring (bicyclic) bond motifs is 1. The largest absolute Gasteiger partial charge is 0.325 e. The van der Waals surface area contributed by atoms with Gasteiger partial charge >= 0.3 is 0 Å². The molecule has 1 aromatic carbocycles. The molecule has 1 N–H and O–H groups in total. The van der Waals surface area contributed by atoms with Crippen molar-refractivity contribution in [1.82, 2.24) is 14.3 Å². The molecule has 0 aliphatic heterocycles. The highest BCUT2D eigenvalue weighted by atomic mass is 32.2. The zero-order chi connectivity index (χ0) is 20.5. The van der Waals surface area contributed by atoms with Gasteiger partial charge in [0.2, 0.25) is 15.9 Å². The van der Waals surface area contributed by atoms with Crippen molar-refractivity contribution in [3.63, 3.8) is 0 Å². The molecule has 0 fully saturated rings. The van der Waals surface area contributed by atoms with Crippen molar-refractivity contribution in [1.29, 1.82) is 0 Å². The Balaban J connectivity index is 1.78. The lowest BCUT2D eigenvalue weighted by atomic mass is 10.1. The summed E-state index contributed by atoms with van der Waals surface area (Å²) in [6, 6.07) is 5.03. The summed E-state index contributed by atoms with van der Waals surface area (Å²) in [5.41, 5.74) is 2.98. The fraction of sp³-hybridized carbons (Fsp3) is 0.278. The SMILES string of the molecule is Cc1cc(S(=O)(=O)N(C)C)cc(NC(=O)CSc2ncnc3ccsc23)c1C. The number of rotatable bonds is 6. The van der Waals surface area contributed by atoms with Crippen LogP contribution in [0.5, 0.6) is 0 Å². The van der Waals surface area contributed by atoms with Gasteiger partial charge in [-0.05, 0) is 48.6 Å². The Morgan fingerprint density at radius 1 is 1.25 bits per heavy atom. The number of carbonyl (C=O) groups excluding carboxylic acids is 1. The van der Waals surface area contributed by atoms with Crippen molar-refractivity contribution in [3.8, 4) is 0 Å². The van der Waals surface area contributed by atoms with Crippen LogP contribution in [-0.4, -0.2) is 48.4 Å². The zero-order valence-electron chi connectivity index (χ0n) is 15.9. The van der Waals surface area contributed by atoms with Gasteiger partial charge in [-0.15, -0.1) is 11.3 Å². The van der Waals surface area contributed by atoms with Crippen molar-refractivity contribution in [2.24, 2.45) is 0 Å². The Labute approximate surface area is 172 Å². The highest BCUT2D eigenvalue weighted by Crippen LogP contribution is 2.29. The number of nitrogens with one attached hydrogen (secondary N) is 1. The molecule has 2 heterocycles. The summed E-state index contributed by atoms with van der Waals surface area (Å²) in [7, 11) is -0.629. The van der Waals surface area contributed by atoms with Crippen LogP contribution in [0.15, 0.2) is 39.8 Å². The van der Waals surface area contributed by atoms with Gasteiger partial charge in [-0.3, -0.25) is 4.79 Å². The van der Waals surface area contributed by atoms with Crippen LogP contribution >= 0.6 is 23.1 Å². The number of thioether (sulfide) groups is 1. The van der Waals surface area contributed by atoms with Crippen molar-refractivity contribution in [2.75, 3.05) is 25.2 Å². The van der Waals surface area contributed by atoms with E-state index in [9.17, 15) is 13.2 Å². The molecule has 0 radical (unpaired) electrons. The Morgan fingerprint density at radius 3 is 2.71 bits per heavy atom. The average molecular weight is 437 g/mol. The molecular formula is C18H20N4O3S3. The van der Waals surface area contributed by atoms with Crippen LogP contribution in [0, 0.1) is 13.8 Å². The summed E-state index contributed by atoms with van der Waals surface area (Å²) in [5.74, 6) is -0.0668. The number of aryl methyl sites for hydroxylation is 1. The van der Waals surface area contributed by atoms with E-state index in [0.717, 1.165) is 30.7 Å². The summed E-state index contributed by atoms with van der Waals surface area (Å²) < 4.78 is 27.0. The average Bonchev–Trinajstić information content (AvgIpc) is 3.12. The second kappa shape index (κ2) is 8.16. The van der Waals surface area contributed by atoms with Crippen LogP contribution in [0.2, 0.25) is 0 Å². The smallest absolute Gasteiger partial charge is 0.242 e. The second-order valence-electron chi connectivity index (χ2n) is 6.35. The van der Waals surface area contributed by atoms with E-state index in [1.807, 2.05) is 25.3 Å². The summed E-state index contributed by atoms with van der Waals surface area (Å²) in [5, 5.41) is 5.53. The maximum atomic E-state index is 12.5. The van der Waals surface area contributed by atoms with Gasteiger partial charge in [0.15, 0.2) is 0 Å². The quantitative estimate of drug-likeness (QED) is 0.471. The molecule has 3 aromatic rings. The molecule has 0 unspecified atom stereocenters. The van der Waals surface area contributed by atoms with E-state index in [1.165, 1.54) is 49.6 Å². The molecule has 28 heavy (non-hydrogen) atoms. The number of thiophene rings is 1. The number of benzene rings is 1. The molecule has 10 heteroatoms. The Bertz CT molecular complexity index is 1140. The first-order chi connectivity index (χ1) is 13.2. The van der Waals surface area contributed by atoms with E-state index in [0.29, 0.717) is 5.69 Å². The molecule has 3 rings (SSSR count). The van der Waals surface area contributed by atoms with Crippen molar-refractivity contribution < 1.29 is 13.2 Å². The number of hydrogen-bond acceptors (Lipinski definition) is 7. The highest BCUT2D eigenvalue weighted by molar-refractivity contribution is 8.00. The molecule has 1 amide bonds. The lowest BCUT2D eigenvalue weighted by Crippen LogP contribution is -2.23. The van der Waals surface area contributed by atoms with E-state index in [-0.39, 0.29) is 16.6 Å². The molecule has 0 saturated carbocycles. The third kappa shape index (κ3) is 4.19. The van der Waals surface area contributed by atoms with Crippen molar-refractivity contribution in [2.45, 2.75) is 23.8 Å². The number of hydrogen-bond donors (Lipinski definition) is 1. The molecule has 0 aliphatic carbocycles.